The molecule has 9 heteroatoms. The number of benzene rings is 1. The van der Waals surface area contributed by atoms with E-state index in [1.165, 1.54) is 18.2 Å². The van der Waals surface area contributed by atoms with Crippen LogP contribution in [-0.2, 0) is 4.74 Å². The molecule has 0 aliphatic heterocycles. The second-order valence-corrected chi connectivity index (χ2v) is 4.02. The van der Waals surface area contributed by atoms with E-state index in [9.17, 15) is 9.59 Å². The van der Waals surface area contributed by atoms with Gasteiger partial charge in [-0.05, 0) is 30.4 Å². The average Bonchev–Trinajstić information content (AvgIpc) is 2.47. The first-order valence-corrected chi connectivity index (χ1v) is 5.87. The summed E-state index contributed by atoms with van der Waals surface area (Å²) in [4.78, 5) is 20.8. The molecule has 0 spiro atoms. The quantitative estimate of drug-likeness (QED) is 0.304. The summed E-state index contributed by atoms with van der Waals surface area (Å²) in [7, 11) is 0. The van der Waals surface area contributed by atoms with Gasteiger partial charge in [0.1, 0.15) is 0 Å². The molecule has 0 heterocycles. The van der Waals surface area contributed by atoms with E-state index in [0.717, 1.165) is 6.07 Å². The number of hydrogen-bond donors (Lipinski definition) is 6. The van der Waals surface area contributed by atoms with Crippen LogP contribution < -0.4 is 0 Å². The number of carboxylic acids is 2. The van der Waals surface area contributed by atoms with Crippen LogP contribution in [0.3, 0.4) is 0 Å². The van der Waals surface area contributed by atoms with Crippen molar-refractivity contribution in [2.24, 2.45) is 0 Å². The van der Waals surface area contributed by atoms with Gasteiger partial charge in [0.2, 0.25) is 0 Å². The lowest BCUT2D eigenvalue weighted by molar-refractivity contribution is -0.433. The molecular weight excluding hydrogens is 312 g/mol. The van der Waals surface area contributed by atoms with Crippen molar-refractivity contribution in [2.45, 2.75) is 11.9 Å². The summed E-state index contributed by atoms with van der Waals surface area (Å²) in [6, 6.07) is 5.20. The van der Waals surface area contributed by atoms with Gasteiger partial charge in [0.25, 0.3) is 0 Å². The Morgan fingerprint density at radius 2 is 1.26 bits per heavy atom. The summed E-state index contributed by atoms with van der Waals surface area (Å²) in [5, 5.41) is 51.5. The van der Waals surface area contributed by atoms with E-state index in [1.807, 2.05) is 0 Å². The van der Waals surface area contributed by atoms with Gasteiger partial charge < -0.3 is 30.6 Å². The van der Waals surface area contributed by atoms with Crippen LogP contribution in [0.25, 0.3) is 0 Å². The van der Waals surface area contributed by atoms with Gasteiger partial charge in [0.05, 0.1) is 11.1 Å². The highest BCUT2D eigenvalue weighted by molar-refractivity contribution is 5.93. The van der Waals surface area contributed by atoms with Crippen LogP contribution in [0.2, 0.25) is 0 Å². The molecule has 0 bridgehead atoms. The Labute approximate surface area is 130 Å². The van der Waals surface area contributed by atoms with E-state index in [4.69, 9.17) is 30.6 Å². The van der Waals surface area contributed by atoms with Gasteiger partial charge in [-0.15, -0.1) is 0 Å². The monoisotopic (exact) mass is 328 g/mol. The molecule has 0 saturated carbocycles. The predicted octanol–water partition coefficient (Wildman–Crippen LogP) is -0.265. The van der Waals surface area contributed by atoms with Crippen molar-refractivity contribution < 1.29 is 45.0 Å². The van der Waals surface area contributed by atoms with Gasteiger partial charge in [0.15, 0.2) is 0 Å². The molecule has 6 N–H and O–H groups in total. The molecule has 0 unspecified atom stereocenters. The van der Waals surface area contributed by atoms with Crippen molar-refractivity contribution in [1.82, 2.24) is 0 Å². The van der Waals surface area contributed by atoms with Crippen molar-refractivity contribution >= 4 is 11.9 Å². The van der Waals surface area contributed by atoms with Gasteiger partial charge in [-0.2, -0.15) is 0 Å². The standard InChI is InChI=1S/C8H6O4.C6H10O5/c9-7(10)5-2-1-3-6(4-5)8(11)12;1-3-5(7,8)11-6(9,10)4-2/h1-4H,(H,9,10)(H,11,12);3-4,7-10H,1-2H2. The van der Waals surface area contributed by atoms with Crippen molar-refractivity contribution in [3.05, 3.63) is 60.7 Å². The zero-order chi connectivity index (χ0) is 18.3. The van der Waals surface area contributed by atoms with E-state index < -0.39 is 23.9 Å². The minimum absolute atomic E-state index is 0.0186. The Morgan fingerprint density at radius 3 is 1.52 bits per heavy atom. The number of carbonyl (C=O) groups is 2. The molecule has 0 fully saturated rings. The number of aliphatic hydroxyl groups is 4. The smallest absolute Gasteiger partial charge is 0.335 e. The van der Waals surface area contributed by atoms with Crippen LogP contribution in [0.4, 0.5) is 0 Å². The molecule has 0 saturated heterocycles. The molecular formula is C14H16O9. The highest BCUT2D eigenvalue weighted by Crippen LogP contribution is 2.13. The van der Waals surface area contributed by atoms with E-state index >= 15 is 0 Å². The van der Waals surface area contributed by atoms with Crippen LogP contribution in [0, 0.1) is 0 Å². The predicted molar refractivity (Wildman–Crippen MR) is 76.2 cm³/mol. The molecule has 9 nitrogen and oxygen atoms in total. The summed E-state index contributed by atoms with van der Waals surface area (Å²) >= 11 is 0. The van der Waals surface area contributed by atoms with Crippen molar-refractivity contribution in [3.63, 3.8) is 0 Å². The normalized spacial score (nSPS) is 11.0. The molecule has 0 radical (unpaired) electrons. The lowest BCUT2D eigenvalue weighted by Gasteiger charge is -2.25. The fourth-order valence-corrected chi connectivity index (χ4v) is 1.09. The lowest BCUT2D eigenvalue weighted by atomic mass is 10.1. The Balaban J connectivity index is 0.000000423. The fraction of sp³-hybridized carbons (Fsp3) is 0.143. The number of ether oxygens (including phenoxy) is 1. The highest BCUT2D eigenvalue weighted by Gasteiger charge is 2.32. The molecule has 23 heavy (non-hydrogen) atoms. The lowest BCUT2D eigenvalue weighted by Crippen LogP contribution is -2.42. The zero-order valence-corrected chi connectivity index (χ0v) is 11.8. The molecule has 126 valence electrons. The molecule has 1 aromatic rings. The van der Waals surface area contributed by atoms with E-state index in [1.54, 1.807) is 0 Å². The first kappa shape index (κ1) is 20.4. The number of rotatable bonds is 6. The highest BCUT2D eigenvalue weighted by atomic mass is 16.9. The number of carboxylic acid groups (broad SMARTS) is 2. The van der Waals surface area contributed by atoms with Crippen LogP contribution >= 0.6 is 0 Å². The molecule has 0 aliphatic rings. The van der Waals surface area contributed by atoms with Crippen molar-refractivity contribution in [2.75, 3.05) is 0 Å². The Bertz CT molecular complexity index is 542. The summed E-state index contributed by atoms with van der Waals surface area (Å²) in [5.74, 6) is -7.81. The van der Waals surface area contributed by atoms with Gasteiger partial charge in [-0.25, -0.2) is 9.59 Å². The molecule has 0 amide bonds. The first-order valence-electron chi connectivity index (χ1n) is 5.87. The van der Waals surface area contributed by atoms with Crippen molar-refractivity contribution in [3.8, 4) is 0 Å². The molecule has 1 rings (SSSR count). The van der Waals surface area contributed by atoms with Gasteiger partial charge >= 0.3 is 23.9 Å². The summed E-state index contributed by atoms with van der Waals surface area (Å²) in [5.41, 5.74) is -0.0372. The van der Waals surface area contributed by atoms with Gasteiger partial charge in [-0.3, -0.25) is 4.74 Å². The number of aromatic carboxylic acids is 2. The summed E-state index contributed by atoms with van der Waals surface area (Å²) < 4.78 is 3.91. The number of hydrogen-bond acceptors (Lipinski definition) is 7. The Kier molecular flexibility index (Phi) is 7.26. The maximum atomic E-state index is 10.4. The maximum absolute atomic E-state index is 10.4. The largest absolute Gasteiger partial charge is 0.478 e. The van der Waals surface area contributed by atoms with E-state index in [2.05, 4.69) is 17.9 Å². The SMILES string of the molecule is C=CC(O)(O)OC(O)(O)C=C.O=C(O)c1cccc(C(=O)O)c1. The minimum atomic E-state index is -2.78. The molecule has 1 aromatic carbocycles. The fourth-order valence-electron chi connectivity index (χ4n) is 1.09. The second kappa shape index (κ2) is 8.17. The van der Waals surface area contributed by atoms with Crippen LogP contribution in [0.5, 0.6) is 0 Å². The van der Waals surface area contributed by atoms with E-state index in [-0.39, 0.29) is 11.1 Å². The van der Waals surface area contributed by atoms with E-state index in [0.29, 0.717) is 12.2 Å². The van der Waals surface area contributed by atoms with Gasteiger partial charge in [0, 0.05) is 0 Å². The molecule has 0 aliphatic carbocycles. The third-order valence-corrected chi connectivity index (χ3v) is 2.19. The second-order valence-electron chi connectivity index (χ2n) is 4.02. The van der Waals surface area contributed by atoms with Crippen molar-refractivity contribution in [1.29, 1.82) is 0 Å². The third kappa shape index (κ3) is 7.85. The molecule has 0 atom stereocenters. The third-order valence-electron chi connectivity index (χ3n) is 2.19. The minimum Gasteiger partial charge on any atom is -0.478 e. The first-order chi connectivity index (χ1) is 10.4. The topological polar surface area (TPSA) is 165 Å². The Morgan fingerprint density at radius 1 is 0.913 bits per heavy atom. The molecule has 0 aromatic heterocycles. The van der Waals surface area contributed by atoms with Gasteiger partial charge in [-0.1, -0.05) is 19.2 Å². The van der Waals surface area contributed by atoms with Crippen LogP contribution in [0.1, 0.15) is 20.7 Å². The summed E-state index contributed by atoms with van der Waals surface area (Å²) in [6.45, 7) is 5.94. The average molecular weight is 328 g/mol. The van der Waals surface area contributed by atoms with Crippen LogP contribution in [0.15, 0.2) is 49.6 Å². The Hall–Kier alpha value is -2.56. The zero-order valence-electron chi connectivity index (χ0n) is 11.8. The maximum Gasteiger partial charge on any atom is 0.335 e. The van der Waals surface area contributed by atoms with Crippen LogP contribution in [-0.4, -0.2) is 54.5 Å². The summed E-state index contributed by atoms with van der Waals surface area (Å²) in [6.07, 6.45) is 1.16.